The molecule has 0 aliphatic rings. The Labute approximate surface area is 176 Å². The van der Waals surface area contributed by atoms with Crippen molar-refractivity contribution in [1.82, 2.24) is 5.32 Å². The average molecular weight is 438 g/mol. The molecule has 9 nitrogen and oxygen atoms in total. The number of nitro benzene ring substituents is 1. The van der Waals surface area contributed by atoms with Crippen molar-refractivity contribution in [3.8, 4) is 17.2 Å². The van der Waals surface area contributed by atoms with Crippen LogP contribution in [-0.2, 0) is 4.79 Å². The molecular weight excluding hydrogens is 422 g/mol. The molecule has 0 spiro atoms. The molecule has 0 radical (unpaired) electrons. The van der Waals surface area contributed by atoms with Gasteiger partial charge in [0.2, 0.25) is 5.91 Å². The van der Waals surface area contributed by atoms with E-state index in [1.54, 1.807) is 18.2 Å². The number of hydrogen-bond acceptors (Lipinski definition) is 7. The first-order chi connectivity index (χ1) is 13.7. The van der Waals surface area contributed by atoms with Crippen LogP contribution in [0.1, 0.15) is 5.56 Å². The molecule has 0 aromatic heterocycles. The molecule has 2 rings (SSSR count). The molecule has 152 valence electrons. The first-order valence-electron chi connectivity index (χ1n) is 7.94. The van der Waals surface area contributed by atoms with Crippen LogP contribution in [0.25, 0.3) is 6.08 Å². The van der Waals surface area contributed by atoms with Gasteiger partial charge in [0.05, 0.1) is 29.9 Å². The van der Waals surface area contributed by atoms with Crippen molar-refractivity contribution < 1.29 is 24.3 Å². The minimum atomic E-state index is -0.677. The van der Waals surface area contributed by atoms with E-state index in [0.29, 0.717) is 17.1 Å². The van der Waals surface area contributed by atoms with Gasteiger partial charge in [-0.1, -0.05) is 17.7 Å². The van der Waals surface area contributed by atoms with Crippen LogP contribution in [0.15, 0.2) is 36.4 Å². The van der Waals surface area contributed by atoms with E-state index in [2.05, 4.69) is 10.6 Å². The fourth-order valence-corrected chi connectivity index (χ4v) is 2.65. The number of thiocarbonyl (C=S) groups is 1. The molecule has 0 saturated carbocycles. The Kier molecular flexibility index (Phi) is 7.34. The Bertz CT molecular complexity index is 996. The number of benzene rings is 2. The van der Waals surface area contributed by atoms with Crippen LogP contribution in [-0.4, -0.2) is 35.3 Å². The Morgan fingerprint density at radius 1 is 1.24 bits per heavy atom. The topological polar surface area (TPSA) is 123 Å². The molecule has 0 aliphatic heterocycles. The Morgan fingerprint density at radius 2 is 1.93 bits per heavy atom. The molecule has 0 bridgehead atoms. The zero-order valence-corrected chi connectivity index (χ0v) is 16.8. The van der Waals surface area contributed by atoms with E-state index in [-0.39, 0.29) is 21.5 Å². The van der Waals surface area contributed by atoms with Gasteiger partial charge in [-0.2, -0.15) is 0 Å². The predicted molar refractivity (Wildman–Crippen MR) is 113 cm³/mol. The molecule has 0 atom stereocenters. The van der Waals surface area contributed by atoms with E-state index < -0.39 is 16.6 Å². The maximum atomic E-state index is 12.0. The summed E-state index contributed by atoms with van der Waals surface area (Å²) in [5.74, 6) is 0.0585. The zero-order chi connectivity index (χ0) is 21.6. The van der Waals surface area contributed by atoms with Crippen molar-refractivity contribution in [2.75, 3.05) is 19.5 Å². The molecule has 29 heavy (non-hydrogen) atoms. The number of nitrogens with one attached hydrogen (secondary N) is 2. The van der Waals surface area contributed by atoms with Crippen LogP contribution in [0.4, 0.5) is 11.4 Å². The number of carbonyl (C=O) groups excluding carboxylic acids is 1. The van der Waals surface area contributed by atoms with Crippen molar-refractivity contribution in [2.45, 2.75) is 0 Å². The summed E-state index contributed by atoms with van der Waals surface area (Å²) in [6, 6.07) is 7.14. The molecule has 0 heterocycles. The van der Waals surface area contributed by atoms with Gasteiger partial charge in [-0.3, -0.25) is 20.2 Å². The maximum Gasteiger partial charge on any atom is 0.273 e. The number of hydrogen-bond donors (Lipinski definition) is 3. The summed E-state index contributed by atoms with van der Waals surface area (Å²) in [5, 5.41) is 25.2. The number of non-ortho nitro benzene ring substituents is 1. The van der Waals surface area contributed by atoms with E-state index in [0.717, 1.165) is 12.1 Å². The van der Waals surface area contributed by atoms with Crippen molar-refractivity contribution in [3.05, 3.63) is 57.1 Å². The van der Waals surface area contributed by atoms with Crippen molar-refractivity contribution >= 4 is 52.3 Å². The second kappa shape index (κ2) is 9.71. The monoisotopic (exact) mass is 437 g/mol. The Morgan fingerprint density at radius 3 is 2.55 bits per heavy atom. The summed E-state index contributed by atoms with van der Waals surface area (Å²) in [7, 11) is 3.01. The molecular formula is C18H16ClN3O6S. The number of anilines is 1. The van der Waals surface area contributed by atoms with Gasteiger partial charge in [-0.15, -0.1) is 0 Å². The number of ether oxygens (including phenoxy) is 2. The summed E-state index contributed by atoms with van der Waals surface area (Å²) in [4.78, 5) is 22.3. The highest BCUT2D eigenvalue weighted by Crippen LogP contribution is 2.36. The number of nitro groups is 1. The minimum absolute atomic E-state index is 0.113. The molecule has 2 aromatic rings. The van der Waals surface area contributed by atoms with Crippen LogP contribution >= 0.6 is 23.8 Å². The van der Waals surface area contributed by atoms with Gasteiger partial charge in [-0.05, 0) is 36.0 Å². The first kappa shape index (κ1) is 21.9. The van der Waals surface area contributed by atoms with Gasteiger partial charge in [0.15, 0.2) is 22.4 Å². The first-order valence-corrected chi connectivity index (χ1v) is 8.72. The second-order valence-electron chi connectivity index (χ2n) is 5.47. The zero-order valence-electron chi connectivity index (χ0n) is 15.3. The van der Waals surface area contributed by atoms with Gasteiger partial charge in [0, 0.05) is 18.2 Å². The van der Waals surface area contributed by atoms with Gasteiger partial charge in [-0.25, -0.2) is 0 Å². The third kappa shape index (κ3) is 5.80. The Balaban J connectivity index is 2.05. The summed E-state index contributed by atoms with van der Waals surface area (Å²) >= 11 is 10.8. The fourth-order valence-electron chi connectivity index (χ4n) is 2.22. The maximum absolute atomic E-state index is 12.0. The molecule has 0 aliphatic carbocycles. The van der Waals surface area contributed by atoms with Crippen LogP contribution in [0.5, 0.6) is 17.2 Å². The van der Waals surface area contributed by atoms with Crippen molar-refractivity contribution in [1.29, 1.82) is 0 Å². The molecule has 0 unspecified atom stereocenters. The Hall–Kier alpha value is -3.37. The van der Waals surface area contributed by atoms with Crippen LogP contribution < -0.4 is 20.1 Å². The van der Waals surface area contributed by atoms with Crippen LogP contribution in [0.3, 0.4) is 0 Å². The SMILES string of the molecule is COc1ccc(/C=C/C(=O)NC(=S)Nc2cc([N+](=O)[O-])cc(Cl)c2O)cc1OC. The van der Waals surface area contributed by atoms with Crippen molar-refractivity contribution in [3.63, 3.8) is 0 Å². The largest absolute Gasteiger partial charge is 0.504 e. The summed E-state index contributed by atoms with van der Waals surface area (Å²) in [5.41, 5.74) is 0.218. The fraction of sp³-hybridized carbons (Fsp3) is 0.111. The van der Waals surface area contributed by atoms with E-state index in [4.69, 9.17) is 33.3 Å². The van der Waals surface area contributed by atoms with E-state index in [1.807, 2.05) is 0 Å². The quantitative estimate of drug-likeness (QED) is 0.206. The highest BCUT2D eigenvalue weighted by Gasteiger charge is 2.16. The van der Waals surface area contributed by atoms with Crippen molar-refractivity contribution in [2.24, 2.45) is 0 Å². The van der Waals surface area contributed by atoms with Gasteiger partial charge in [0.25, 0.3) is 5.69 Å². The number of aromatic hydroxyl groups is 1. The van der Waals surface area contributed by atoms with Crippen LogP contribution in [0.2, 0.25) is 5.02 Å². The second-order valence-corrected chi connectivity index (χ2v) is 6.29. The molecule has 2 aromatic carbocycles. The minimum Gasteiger partial charge on any atom is -0.504 e. The predicted octanol–water partition coefficient (Wildman–Crippen LogP) is 3.50. The van der Waals surface area contributed by atoms with E-state index in [9.17, 15) is 20.0 Å². The molecule has 0 saturated heterocycles. The summed E-state index contributed by atoms with van der Waals surface area (Å²) in [6.07, 6.45) is 2.76. The third-order valence-corrected chi connectivity index (χ3v) is 4.07. The molecule has 0 fully saturated rings. The number of nitrogens with zero attached hydrogens (tertiary/aromatic N) is 1. The van der Waals surface area contributed by atoms with Gasteiger partial charge >= 0.3 is 0 Å². The third-order valence-electron chi connectivity index (χ3n) is 3.58. The molecule has 11 heteroatoms. The number of methoxy groups -OCH3 is 2. The number of rotatable bonds is 6. The lowest BCUT2D eigenvalue weighted by Gasteiger charge is -2.10. The summed E-state index contributed by atoms with van der Waals surface area (Å²) < 4.78 is 10.3. The molecule has 3 N–H and O–H groups in total. The van der Waals surface area contributed by atoms with Crippen LogP contribution in [0, 0.1) is 10.1 Å². The normalized spacial score (nSPS) is 10.4. The van der Waals surface area contributed by atoms with Gasteiger partial charge < -0.3 is 19.9 Å². The number of phenols is 1. The number of phenolic OH excluding ortho intramolecular Hbond substituents is 1. The average Bonchev–Trinajstić information content (AvgIpc) is 2.69. The van der Waals surface area contributed by atoms with E-state index >= 15 is 0 Å². The number of carbonyl (C=O) groups is 1. The van der Waals surface area contributed by atoms with Gasteiger partial charge in [0.1, 0.15) is 0 Å². The lowest BCUT2D eigenvalue weighted by Crippen LogP contribution is -2.32. The molecule has 1 amide bonds. The smallest absolute Gasteiger partial charge is 0.273 e. The number of halogens is 1. The lowest BCUT2D eigenvalue weighted by molar-refractivity contribution is -0.384. The highest BCUT2D eigenvalue weighted by molar-refractivity contribution is 7.80. The van der Waals surface area contributed by atoms with E-state index in [1.165, 1.54) is 26.4 Å². The summed E-state index contributed by atoms with van der Waals surface area (Å²) in [6.45, 7) is 0. The lowest BCUT2D eigenvalue weighted by atomic mass is 10.2. The number of amides is 1. The highest BCUT2D eigenvalue weighted by atomic mass is 35.5. The standard InChI is InChI=1S/C18H16ClN3O6S/c1-27-14-5-3-10(7-15(14)28-2)4-6-16(23)21-18(29)20-13-9-11(22(25)26)8-12(19)17(13)24/h3-9,24H,1-2H3,(H2,20,21,23,29)/b6-4+.